The molecule has 2 heterocycles. The van der Waals surface area contributed by atoms with Gasteiger partial charge in [-0.15, -0.1) is 0 Å². The Kier molecular flexibility index (Phi) is 5.82. The minimum atomic E-state index is -0.188. The van der Waals surface area contributed by atoms with Gasteiger partial charge in [0.15, 0.2) is 11.6 Å². The van der Waals surface area contributed by atoms with Crippen LogP contribution >= 0.6 is 11.3 Å². The molecule has 9 heteroatoms. The number of aryl methyl sites for hydroxylation is 1. The van der Waals surface area contributed by atoms with Gasteiger partial charge in [0.1, 0.15) is 12.3 Å². The van der Waals surface area contributed by atoms with Crippen molar-refractivity contribution in [3.63, 3.8) is 0 Å². The molecule has 0 aliphatic carbocycles. The minimum absolute atomic E-state index is 0.108. The maximum atomic E-state index is 12.4. The second-order valence-corrected chi connectivity index (χ2v) is 7.17. The Balaban J connectivity index is 1.69. The van der Waals surface area contributed by atoms with Crippen molar-refractivity contribution in [1.82, 2.24) is 14.6 Å². The molecule has 8 nitrogen and oxygen atoms in total. The van der Waals surface area contributed by atoms with Crippen LogP contribution in [0.4, 0.5) is 5.69 Å². The van der Waals surface area contributed by atoms with Gasteiger partial charge in [0.25, 0.3) is 11.5 Å². The molecule has 27 heavy (non-hydrogen) atoms. The van der Waals surface area contributed by atoms with Gasteiger partial charge in [0.05, 0.1) is 19.3 Å². The Morgan fingerprint density at radius 3 is 2.89 bits per heavy atom. The molecule has 2 aromatic heterocycles. The lowest BCUT2D eigenvalue weighted by Gasteiger charge is -2.16. The number of fused-ring (bicyclic) bond motifs is 1. The molecule has 0 aliphatic heterocycles. The molecular formula is C18H22N5O3S+. The first kappa shape index (κ1) is 19.0. The molecule has 0 saturated carbocycles. The number of amides is 1. The minimum Gasteiger partial charge on any atom is -0.495 e. The lowest BCUT2D eigenvalue weighted by atomic mass is 10.3. The van der Waals surface area contributed by atoms with Crippen LogP contribution in [0, 0.1) is 6.92 Å². The van der Waals surface area contributed by atoms with Crippen LogP contribution in [0.25, 0.3) is 4.96 Å². The number of benzene rings is 1. The molecule has 1 amide bonds. The summed E-state index contributed by atoms with van der Waals surface area (Å²) >= 11 is 1.37. The average Bonchev–Trinajstić information content (AvgIpc) is 3.04. The van der Waals surface area contributed by atoms with Gasteiger partial charge in [-0.2, -0.15) is 9.61 Å². The first-order chi connectivity index (χ1) is 13.0. The van der Waals surface area contributed by atoms with E-state index >= 15 is 0 Å². The first-order valence-corrected chi connectivity index (χ1v) is 9.44. The number of anilines is 1. The van der Waals surface area contributed by atoms with Crippen LogP contribution in [0.1, 0.15) is 17.6 Å². The molecule has 0 spiro atoms. The van der Waals surface area contributed by atoms with E-state index in [0.29, 0.717) is 28.6 Å². The molecule has 1 aromatic carbocycles. The van der Waals surface area contributed by atoms with E-state index in [1.54, 1.807) is 26.2 Å². The molecule has 1 atom stereocenters. The van der Waals surface area contributed by atoms with Crippen LogP contribution in [0.3, 0.4) is 0 Å². The fraction of sp³-hybridized carbons (Fsp3) is 0.333. The summed E-state index contributed by atoms with van der Waals surface area (Å²) in [6, 6.07) is 8.76. The molecule has 0 aliphatic rings. The summed E-state index contributed by atoms with van der Waals surface area (Å²) in [4.78, 5) is 30.4. The third-order valence-corrected chi connectivity index (χ3v) is 5.02. The topological polar surface area (TPSA) is 90.0 Å². The normalized spacial score (nSPS) is 12.1. The zero-order chi connectivity index (χ0) is 19.4. The van der Waals surface area contributed by atoms with E-state index in [9.17, 15) is 9.59 Å². The number of hydrogen-bond donors (Lipinski definition) is 2. The SMILES string of the molecule is CC[NH+](CC(=O)Nc1ccccc1OC)Cc1nn2c(=O)cc(C)nc2s1. The van der Waals surface area contributed by atoms with E-state index in [0.717, 1.165) is 16.5 Å². The van der Waals surface area contributed by atoms with Gasteiger partial charge in [-0.3, -0.25) is 9.59 Å². The maximum Gasteiger partial charge on any atom is 0.279 e. The summed E-state index contributed by atoms with van der Waals surface area (Å²) in [6.07, 6.45) is 0. The van der Waals surface area contributed by atoms with Gasteiger partial charge in [-0.1, -0.05) is 23.5 Å². The van der Waals surface area contributed by atoms with E-state index in [1.165, 1.54) is 21.9 Å². The monoisotopic (exact) mass is 388 g/mol. The van der Waals surface area contributed by atoms with Crippen molar-refractivity contribution >= 4 is 27.9 Å². The molecule has 3 aromatic rings. The summed E-state index contributed by atoms with van der Waals surface area (Å²) in [5.41, 5.74) is 1.13. The molecule has 1 unspecified atom stereocenters. The summed E-state index contributed by atoms with van der Waals surface area (Å²) < 4.78 is 6.57. The van der Waals surface area contributed by atoms with Crippen molar-refractivity contribution in [1.29, 1.82) is 0 Å². The lowest BCUT2D eigenvalue weighted by Crippen LogP contribution is -3.11. The number of methoxy groups -OCH3 is 1. The largest absolute Gasteiger partial charge is 0.495 e. The third kappa shape index (κ3) is 4.50. The van der Waals surface area contributed by atoms with Crippen LogP contribution in [0.2, 0.25) is 0 Å². The first-order valence-electron chi connectivity index (χ1n) is 8.63. The summed E-state index contributed by atoms with van der Waals surface area (Å²) in [5, 5.41) is 8.00. The number of quaternary nitrogens is 1. The van der Waals surface area contributed by atoms with Crippen LogP contribution in [0.5, 0.6) is 5.75 Å². The van der Waals surface area contributed by atoms with E-state index < -0.39 is 0 Å². The summed E-state index contributed by atoms with van der Waals surface area (Å²) in [7, 11) is 1.57. The Morgan fingerprint density at radius 1 is 1.37 bits per heavy atom. The number of para-hydroxylation sites is 2. The molecular weight excluding hydrogens is 366 g/mol. The standard InChI is InChI=1S/C18H21N5O3S/c1-4-22(10-15(24)20-13-7-5-6-8-14(13)26-3)11-16-21-23-17(25)9-12(2)19-18(23)27-16/h5-9H,4,10-11H2,1-3H3,(H,20,24)/p+1. The predicted molar refractivity (Wildman–Crippen MR) is 104 cm³/mol. The number of likely N-dealkylation sites (N-methyl/N-ethyl adjacent to an activating group) is 1. The Bertz CT molecular complexity index is 1010. The van der Waals surface area contributed by atoms with Gasteiger partial charge in [0, 0.05) is 11.8 Å². The smallest absolute Gasteiger partial charge is 0.279 e. The number of rotatable bonds is 7. The fourth-order valence-corrected chi connectivity index (χ4v) is 3.74. The summed E-state index contributed by atoms with van der Waals surface area (Å²) in [6.45, 7) is 5.37. The third-order valence-electron chi connectivity index (χ3n) is 4.11. The van der Waals surface area contributed by atoms with Crippen molar-refractivity contribution in [2.45, 2.75) is 20.4 Å². The summed E-state index contributed by atoms with van der Waals surface area (Å²) in [5.74, 6) is 0.513. The van der Waals surface area contributed by atoms with Gasteiger partial charge in [0.2, 0.25) is 4.96 Å². The molecule has 142 valence electrons. The molecule has 0 saturated heterocycles. The number of carbonyl (C=O) groups is 1. The van der Waals surface area contributed by atoms with Crippen LogP contribution in [-0.4, -0.2) is 40.7 Å². The van der Waals surface area contributed by atoms with Crippen LogP contribution < -0.4 is 20.5 Å². The number of ether oxygens (including phenoxy) is 1. The van der Waals surface area contributed by atoms with Gasteiger partial charge in [-0.05, 0) is 26.0 Å². The van der Waals surface area contributed by atoms with Gasteiger partial charge < -0.3 is 15.0 Å². The highest BCUT2D eigenvalue weighted by molar-refractivity contribution is 7.16. The zero-order valence-corrected chi connectivity index (χ0v) is 16.3. The lowest BCUT2D eigenvalue weighted by molar-refractivity contribution is -0.903. The van der Waals surface area contributed by atoms with Gasteiger partial charge >= 0.3 is 0 Å². The molecule has 2 N–H and O–H groups in total. The average molecular weight is 388 g/mol. The van der Waals surface area contributed by atoms with Crippen molar-refractivity contribution < 1.29 is 14.4 Å². The Hall–Kier alpha value is -2.78. The predicted octanol–water partition coefficient (Wildman–Crippen LogP) is 0.512. The second kappa shape index (κ2) is 8.28. The van der Waals surface area contributed by atoms with E-state index in [-0.39, 0.29) is 18.0 Å². The molecule has 3 rings (SSSR count). The van der Waals surface area contributed by atoms with Crippen LogP contribution in [-0.2, 0) is 11.3 Å². The quantitative estimate of drug-likeness (QED) is 0.616. The van der Waals surface area contributed by atoms with E-state index in [1.807, 2.05) is 19.1 Å². The van der Waals surface area contributed by atoms with Gasteiger partial charge in [-0.25, -0.2) is 4.98 Å². The van der Waals surface area contributed by atoms with Crippen molar-refractivity contribution in [3.05, 3.63) is 51.4 Å². The van der Waals surface area contributed by atoms with Crippen molar-refractivity contribution in [3.8, 4) is 5.75 Å². The number of carbonyl (C=O) groups excluding carboxylic acids is 1. The number of nitrogens with zero attached hydrogens (tertiary/aromatic N) is 3. The molecule has 0 radical (unpaired) electrons. The number of nitrogens with one attached hydrogen (secondary N) is 2. The molecule has 0 fully saturated rings. The Labute approximate surface area is 160 Å². The Morgan fingerprint density at radius 2 is 2.15 bits per heavy atom. The van der Waals surface area contributed by atoms with Crippen molar-refractivity contribution in [2.24, 2.45) is 0 Å². The van der Waals surface area contributed by atoms with E-state index in [4.69, 9.17) is 4.74 Å². The fourth-order valence-electron chi connectivity index (χ4n) is 2.73. The highest BCUT2D eigenvalue weighted by Gasteiger charge is 2.18. The highest BCUT2D eigenvalue weighted by Crippen LogP contribution is 2.22. The number of aromatic nitrogens is 3. The maximum absolute atomic E-state index is 12.4. The number of hydrogen-bond acceptors (Lipinski definition) is 6. The zero-order valence-electron chi connectivity index (χ0n) is 15.5. The van der Waals surface area contributed by atoms with Crippen LogP contribution in [0.15, 0.2) is 35.1 Å². The second-order valence-electron chi connectivity index (χ2n) is 6.13. The van der Waals surface area contributed by atoms with Crippen molar-refractivity contribution in [2.75, 3.05) is 25.5 Å². The van der Waals surface area contributed by atoms with E-state index in [2.05, 4.69) is 15.4 Å². The molecule has 0 bridgehead atoms. The highest BCUT2D eigenvalue weighted by atomic mass is 32.1.